The highest BCUT2D eigenvalue weighted by molar-refractivity contribution is 5.80. The Balaban J connectivity index is 1.53. The lowest BCUT2D eigenvalue weighted by Gasteiger charge is -2.38. The van der Waals surface area contributed by atoms with Crippen molar-refractivity contribution in [3.63, 3.8) is 0 Å². The van der Waals surface area contributed by atoms with Gasteiger partial charge < -0.3 is 15.1 Å². The number of piperidine rings is 1. The van der Waals surface area contributed by atoms with Crippen LogP contribution in [0.5, 0.6) is 0 Å². The van der Waals surface area contributed by atoms with E-state index in [2.05, 4.69) is 35.9 Å². The first-order valence-electron chi connectivity index (χ1n) is 10.4. The van der Waals surface area contributed by atoms with Gasteiger partial charge in [0.1, 0.15) is 0 Å². The fraction of sp³-hybridized carbons (Fsp3) is 0.950. The van der Waals surface area contributed by atoms with Crippen LogP contribution in [-0.4, -0.2) is 61.6 Å². The van der Waals surface area contributed by atoms with Gasteiger partial charge in [0.25, 0.3) is 0 Å². The molecule has 2 aliphatic heterocycles. The molecule has 3 aliphatic rings. The first-order valence-corrected chi connectivity index (χ1v) is 10.4. The summed E-state index contributed by atoms with van der Waals surface area (Å²) in [4.78, 5) is 10.3. The largest absolute Gasteiger partial charge is 0.357 e. The fourth-order valence-corrected chi connectivity index (χ4v) is 4.82. The van der Waals surface area contributed by atoms with E-state index in [0.29, 0.717) is 5.41 Å². The number of nitrogens with zero attached hydrogens (tertiary/aromatic N) is 3. The van der Waals surface area contributed by atoms with E-state index in [9.17, 15) is 0 Å². The minimum atomic E-state index is 0.648. The molecule has 138 valence electrons. The zero-order chi connectivity index (χ0) is 17.0. The van der Waals surface area contributed by atoms with E-state index < -0.39 is 0 Å². The van der Waals surface area contributed by atoms with Crippen molar-refractivity contribution in [3.05, 3.63) is 0 Å². The highest BCUT2D eigenvalue weighted by Gasteiger charge is 2.43. The van der Waals surface area contributed by atoms with Crippen LogP contribution < -0.4 is 5.32 Å². The average molecular weight is 335 g/mol. The number of aliphatic imine (C=N–C) groups is 1. The van der Waals surface area contributed by atoms with Crippen LogP contribution in [-0.2, 0) is 0 Å². The number of hydrogen-bond donors (Lipinski definition) is 1. The minimum absolute atomic E-state index is 0.648. The molecule has 4 nitrogen and oxygen atoms in total. The first kappa shape index (κ1) is 18.0. The Hall–Kier alpha value is -0.770. The highest BCUT2D eigenvalue weighted by atomic mass is 15.3. The minimum Gasteiger partial charge on any atom is -0.357 e. The van der Waals surface area contributed by atoms with Crippen molar-refractivity contribution in [2.24, 2.45) is 22.2 Å². The molecule has 1 saturated carbocycles. The number of nitrogens with one attached hydrogen (secondary N) is 1. The van der Waals surface area contributed by atoms with E-state index >= 15 is 0 Å². The van der Waals surface area contributed by atoms with E-state index in [4.69, 9.17) is 4.99 Å². The normalized spacial score (nSPS) is 27.8. The summed E-state index contributed by atoms with van der Waals surface area (Å²) in [5.41, 5.74) is 0.648. The third-order valence-electron chi connectivity index (χ3n) is 6.21. The topological polar surface area (TPSA) is 30.9 Å². The molecule has 3 fully saturated rings. The Morgan fingerprint density at radius 2 is 2.04 bits per heavy atom. The van der Waals surface area contributed by atoms with Gasteiger partial charge in [-0.25, -0.2) is 0 Å². The van der Waals surface area contributed by atoms with Gasteiger partial charge in [0.05, 0.1) is 0 Å². The van der Waals surface area contributed by atoms with Crippen molar-refractivity contribution < 1.29 is 0 Å². The monoisotopic (exact) mass is 334 g/mol. The van der Waals surface area contributed by atoms with Crippen LogP contribution in [0.3, 0.4) is 0 Å². The third kappa shape index (κ3) is 4.44. The molecular formula is C20H38N4. The Morgan fingerprint density at radius 1 is 1.21 bits per heavy atom. The summed E-state index contributed by atoms with van der Waals surface area (Å²) in [7, 11) is 0. The predicted octanol–water partition coefficient (Wildman–Crippen LogP) is 3.20. The lowest BCUT2D eigenvalue weighted by Crippen LogP contribution is -2.43. The maximum absolute atomic E-state index is 5.06. The number of hydrogen-bond acceptors (Lipinski definition) is 2. The molecule has 3 rings (SSSR count). The number of rotatable bonds is 5. The van der Waals surface area contributed by atoms with Crippen LogP contribution in [0.15, 0.2) is 4.99 Å². The molecule has 0 aromatic carbocycles. The molecule has 2 heterocycles. The van der Waals surface area contributed by atoms with Crippen molar-refractivity contribution >= 4 is 5.96 Å². The quantitative estimate of drug-likeness (QED) is 0.619. The molecule has 0 aromatic rings. The molecule has 0 amide bonds. The molecule has 4 heteroatoms. The van der Waals surface area contributed by atoms with Gasteiger partial charge in [-0.05, 0) is 62.8 Å². The van der Waals surface area contributed by atoms with Gasteiger partial charge in [0.15, 0.2) is 5.96 Å². The zero-order valence-corrected chi connectivity index (χ0v) is 16.2. The van der Waals surface area contributed by atoms with Gasteiger partial charge in [0.2, 0.25) is 0 Å². The molecule has 0 aromatic heterocycles. The van der Waals surface area contributed by atoms with Crippen LogP contribution >= 0.6 is 0 Å². The summed E-state index contributed by atoms with van der Waals surface area (Å²) in [5, 5.41) is 3.56. The van der Waals surface area contributed by atoms with Gasteiger partial charge in [0, 0.05) is 39.3 Å². The van der Waals surface area contributed by atoms with Gasteiger partial charge >= 0.3 is 0 Å². The molecule has 24 heavy (non-hydrogen) atoms. The summed E-state index contributed by atoms with van der Waals surface area (Å²) in [6.07, 6.45) is 8.39. The van der Waals surface area contributed by atoms with E-state index in [0.717, 1.165) is 24.9 Å². The van der Waals surface area contributed by atoms with Crippen LogP contribution in [0.25, 0.3) is 0 Å². The standard InChI is InChI=1S/C20H38N4/c1-4-21-19(24-12-10-20(16-24)8-6-9-20)22-13-18-7-5-11-23(15-18)14-17(2)3/h17-18H,4-16H2,1-3H3,(H,21,22). The molecule has 1 unspecified atom stereocenters. The Morgan fingerprint density at radius 3 is 2.67 bits per heavy atom. The van der Waals surface area contributed by atoms with E-state index in [1.165, 1.54) is 77.2 Å². The van der Waals surface area contributed by atoms with Crippen molar-refractivity contribution in [1.29, 1.82) is 0 Å². The summed E-state index contributed by atoms with van der Waals surface area (Å²) < 4.78 is 0. The molecule has 2 saturated heterocycles. The van der Waals surface area contributed by atoms with Crippen molar-refractivity contribution in [1.82, 2.24) is 15.1 Å². The molecule has 1 aliphatic carbocycles. The summed E-state index contributed by atoms with van der Waals surface area (Å²) in [6.45, 7) is 15.0. The maximum atomic E-state index is 5.06. The van der Waals surface area contributed by atoms with Crippen molar-refractivity contribution in [2.75, 3.05) is 45.8 Å². The second-order valence-electron chi connectivity index (χ2n) is 8.88. The molecule has 1 spiro atoms. The van der Waals surface area contributed by atoms with E-state index in [1.54, 1.807) is 0 Å². The number of guanidine groups is 1. The lowest BCUT2D eigenvalue weighted by atomic mass is 9.68. The van der Waals surface area contributed by atoms with Crippen LogP contribution in [0.4, 0.5) is 0 Å². The van der Waals surface area contributed by atoms with Crippen LogP contribution in [0.1, 0.15) is 59.3 Å². The van der Waals surface area contributed by atoms with Gasteiger partial charge in [-0.3, -0.25) is 4.99 Å². The number of likely N-dealkylation sites (tertiary alicyclic amines) is 2. The van der Waals surface area contributed by atoms with Gasteiger partial charge in [-0.15, -0.1) is 0 Å². The maximum Gasteiger partial charge on any atom is 0.193 e. The predicted molar refractivity (Wildman–Crippen MR) is 102 cm³/mol. The highest BCUT2D eigenvalue weighted by Crippen LogP contribution is 2.47. The smallest absolute Gasteiger partial charge is 0.193 e. The van der Waals surface area contributed by atoms with Crippen LogP contribution in [0, 0.1) is 17.3 Å². The SMILES string of the molecule is CCNC(=NCC1CCCN(CC(C)C)C1)N1CCC2(CCC2)C1. The van der Waals surface area contributed by atoms with Gasteiger partial charge in [-0.2, -0.15) is 0 Å². The fourth-order valence-electron chi connectivity index (χ4n) is 4.82. The van der Waals surface area contributed by atoms with Crippen molar-refractivity contribution in [3.8, 4) is 0 Å². The van der Waals surface area contributed by atoms with E-state index in [1.807, 2.05) is 0 Å². The van der Waals surface area contributed by atoms with Gasteiger partial charge in [-0.1, -0.05) is 20.3 Å². The van der Waals surface area contributed by atoms with E-state index in [-0.39, 0.29) is 0 Å². The van der Waals surface area contributed by atoms with Crippen LogP contribution in [0.2, 0.25) is 0 Å². The summed E-state index contributed by atoms with van der Waals surface area (Å²) in [5.74, 6) is 2.70. The Kier molecular flexibility index (Phi) is 6.07. The molecule has 1 N–H and O–H groups in total. The molecule has 1 atom stereocenters. The first-order chi connectivity index (χ1) is 11.6. The summed E-state index contributed by atoms with van der Waals surface area (Å²) in [6, 6.07) is 0. The molecule has 0 bridgehead atoms. The second-order valence-corrected chi connectivity index (χ2v) is 8.88. The zero-order valence-electron chi connectivity index (χ0n) is 16.2. The summed E-state index contributed by atoms with van der Waals surface area (Å²) >= 11 is 0. The Labute approximate surface area is 149 Å². The average Bonchev–Trinajstić information content (AvgIpc) is 2.97. The molecule has 0 radical (unpaired) electrons. The third-order valence-corrected chi connectivity index (χ3v) is 6.21. The Bertz CT molecular complexity index is 427. The second kappa shape index (κ2) is 8.07. The molecular weight excluding hydrogens is 296 g/mol. The lowest BCUT2D eigenvalue weighted by molar-refractivity contribution is 0.151. The van der Waals surface area contributed by atoms with Crippen molar-refractivity contribution in [2.45, 2.75) is 59.3 Å².